The molecular formula is C16H20N2O4. The van der Waals surface area contributed by atoms with Gasteiger partial charge in [-0.3, -0.25) is 0 Å². The maximum atomic E-state index is 12.1. The monoisotopic (exact) mass is 304 g/mol. The smallest absolute Gasteiger partial charge is 0.434 e. The number of urea groups is 1. The number of hydrogen-bond acceptors (Lipinski definition) is 4. The molecule has 0 radical (unpaired) electrons. The first kappa shape index (κ1) is 17.3. The lowest BCUT2D eigenvalue weighted by molar-refractivity contribution is 0.104. The molecule has 0 aromatic heterocycles. The Hall–Kier alpha value is -2.76. The van der Waals surface area contributed by atoms with Crippen molar-refractivity contribution in [2.75, 3.05) is 25.0 Å². The second-order valence-electron chi connectivity index (χ2n) is 4.22. The molecular weight excluding hydrogens is 284 g/mol. The highest BCUT2D eigenvalue weighted by Gasteiger charge is 2.11. The summed E-state index contributed by atoms with van der Waals surface area (Å²) in [6.45, 7) is 10.00. The lowest BCUT2D eigenvalue weighted by Crippen LogP contribution is -2.35. The van der Waals surface area contributed by atoms with Gasteiger partial charge in [-0.25, -0.2) is 9.59 Å². The molecule has 22 heavy (non-hydrogen) atoms. The van der Waals surface area contributed by atoms with Crippen LogP contribution in [-0.4, -0.2) is 36.8 Å². The normalized spacial score (nSPS) is 9.50. The quantitative estimate of drug-likeness (QED) is 0.476. The van der Waals surface area contributed by atoms with E-state index in [1.54, 1.807) is 48.2 Å². The summed E-state index contributed by atoms with van der Waals surface area (Å²) < 4.78 is 9.60. The number of rotatable bonds is 7. The standard InChI is InChI=1S/C16H20N2O4/c1-4-11-18(12-5-2)15(19)17-13-7-9-14(10-8-13)22-16(20)21-6-3/h4-5,7-10H,1-2,6,11-12H2,3H3,(H,17,19). The van der Waals surface area contributed by atoms with Crippen LogP contribution in [0.25, 0.3) is 0 Å². The molecule has 6 heteroatoms. The number of carbonyl (C=O) groups excluding carboxylic acids is 2. The fourth-order valence-corrected chi connectivity index (χ4v) is 1.60. The molecule has 0 atom stereocenters. The summed E-state index contributed by atoms with van der Waals surface area (Å²) in [5.74, 6) is 0.338. The van der Waals surface area contributed by atoms with Crippen LogP contribution >= 0.6 is 0 Å². The molecule has 0 bridgehead atoms. The minimum atomic E-state index is -0.762. The second-order valence-corrected chi connectivity index (χ2v) is 4.22. The molecule has 1 rings (SSSR count). The van der Waals surface area contributed by atoms with Crippen molar-refractivity contribution in [3.8, 4) is 5.75 Å². The van der Waals surface area contributed by atoms with Crippen molar-refractivity contribution in [3.05, 3.63) is 49.6 Å². The van der Waals surface area contributed by atoms with Crippen LogP contribution in [0.3, 0.4) is 0 Å². The Morgan fingerprint density at radius 1 is 1.18 bits per heavy atom. The fraction of sp³-hybridized carbons (Fsp3) is 0.250. The van der Waals surface area contributed by atoms with Gasteiger partial charge in [0.15, 0.2) is 0 Å². The van der Waals surface area contributed by atoms with Crippen molar-refractivity contribution >= 4 is 17.9 Å². The van der Waals surface area contributed by atoms with Gasteiger partial charge in [0.05, 0.1) is 6.61 Å². The van der Waals surface area contributed by atoms with Crippen LogP contribution in [-0.2, 0) is 4.74 Å². The number of ether oxygens (including phenoxy) is 2. The molecule has 118 valence electrons. The Morgan fingerprint density at radius 2 is 1.77 bits per heavy atom. The highest BCUT2D eigenvalue weighted by Crippen LogP contribution is 2.16. The van der Waals surface area contributed by atoms with Gasteiger partial charge < -0.3 is 19.7 Å². The van der Waals surface area contributed by atoms with Crippen molar-refractivity contribution in [1.82, 2.24) is 4.90 Å². The number of carbonyl (C=O) groups is 2. The van der Waals surface area contributed by atoms with E-state index in [2.05, 4.69) is 23.2 Å². The Labute approximate surface area is 130 Å². The summed E-state index contributed by atoms with van der Waals surface area (Å²) >= 11 is 0. The van der Waals surface area contributed by atoms with E-state index in [0.717, 1.165) is 0 Å². The average molecular weight is 304 g/mol. The van der Waals surface area contributed by atoms with Gasteiger partial charge in [0.2, 0.25) is 0 Å². The summed E-state index contributed by atoms with van der Waals surface area (Å²) in [6, 6.07) is 6.13. The zero-order chi connectivity index (χ0) is 16.4. The molecule has 0 aliphatic carbocycles. The van der Waals surface area contributed by atoms with Gasteiger partial charge in [-0.05, 0) is 31.2 Å². The number of hydrogen-bond donors (Lipinski definition) is 1. The minimum absolute atomic E-state index is 0.245. The first-order valence-electron chi connectivity index (χ1n) is 6.83. The van der Waals surface area contributed by atoms with Crippen LogP contribution in [0, 0.1) is 0 Å². The molecule has 0 aliphatic heterocycles. The molecule has 0 heterocycles. The third kappa shape index (κ3) is 5.70. The van der Waals surface area contributed by atoms with Crippen molar-refractivity contribution in [1.29, 1.82) is 0 Å². The van der Waals surface area contributed by atoms with Gasteiger partial charge in [-0.1, -0.05) is 12.2 Å². The lowest BCUT2D eigenvalue weighted by Gasteiger charge is -2.19. The van der Waals surface area contributed by atoms with Gasteiger partial charge in [0, 0.05) is 18.8 Å². The summed E-state index contributed by atoms with van der Waals surface area (Å²) in [5.41, 5.74) is 0.583. The SMILES string of the molecule is C=CCN(CC=C)C(=O)Nc1ccc(OC(=O)OCC)cc1. The highest BCUT2D eigenvalue weighted by atomic mass is 16.7. The van der Waals surface area contributed by atoms with Crippen LogP contribution in [0.1, 0.15) is 6.92 Å². The molecule has 0 aliphatic rings. The third-order valence-corrected chi connectivity index (χ3v) is 2.56. The zero-order valence-electron chi connectivity index (χ0n) is 12.6. The van der Waals surface area contributed by atoms with E-state index in [1.165, 1.54) is 0 Å². The number of nitrogens with one attached hydrogen (secondary N) is 1. The maximum absolute atomic E-state index is 12.1. The largest absolute Gasteiger partial charge is 0.513 e. The molecule has 6 nitrogen and oxygen atoms in total. The van der Waals surface area contributed by atoms with Crippen molar-refractivity contribution in [2.45, 2.75) is 6.92 Å². The topological polar surface area (TPSA) is 67.9 Å². The van der Waals surface area contributed by atoms with Crippen LogP contribution in [0.5, 0.6) is 5.75 Å². The fourth-order valence-electron chi connectivity index (χ4n) is 1.60. The third-order valence-electron chi connectivity index (χ3n) is 2.56. The van der Waals surface area contributed by atoms with E-state index in [9.17, 15) is 9.59 Å². The predicted octanol–water partition coefficient (Wildman–Crippen LogP) is 3.43. The van der Waals surface area contributed by atoms with E-state index in [1.807, 2.05) is 0 Å². The molecule has 1 N–H and O–H groups in total. The van der Waals surface area contributed by atoms with Crippen molar-refractivity contribution in [2.24, 2.45) is 0 Å². The van der Waals surface area contributed by atoms with E-state index >= 15 is 0 Å². The molecule has 1 aromatic rings. The molecule has 0 saturated heterocycles. The molecule has 0 unspecified atom stereocenters. The number of amides is 2. The molecule has 0 spiro atoms. The van der Waals surface area contributed by atoms with Gasteiger partial charge in [0.1, 0.15) is 5.75 Å². The minimum Gasteiger partial charge on any atom is -0.434 e. The Kier molecular flexibility index (Phi) is 7.25. The van der Waals surface area contributed by atoms with Gasteiger partial charge in [-0.15, -0.1) is 13.2 Å². The van der Waals surface area contributed by atoms with Crippen LogP contribution in [0.4, 0.5) is 15.3 Å². The molecule has 0 fully saturated rings. The van der Waals surface area contributed by atoms with Crippen LogP contribution < -0.4 is 10.1 Å². The summed E-state index contributed by atoms with van der Waals surface area (Å²) in [6.07, 6.45) is 2.51. The molecule has 2 amide bonds. The highest BCUT2D eigenvalue weighted by molar-refractivity contribution is 5.89. The Balaban J connectivity index is 2.62. The summed E-state index contributed by atoms with van der Waals surface area (Å²) in [4.78, 5) is 24.8. The average Bonchev–Trinajstić information content (AvgIpc) is 2.49. The van der Waals surface area contributed by atoms with Crippen LogP contribution in [0.15, 0.2) is 49.6 Å². The van der Waals surface area contributed by atoms with E-state index in [-0.39, 0.29) is 12.6 Å². The van der Waals surface area contributed by atoms with E-state index in [0.29, 0.717) is 24.5 Å². The van der Waals surface area contributed by atoms with Gasteiger partial charge in [-0.2, -0.15) is 0 Å². The Bertz CT molecular complexity index is 515. The van der Waals surface area contributed by atoms with E-state index < -0.39 is 6.16 Å². The molecule has 0 saturated carbocycles. The van der Waals surface area contributed by atoms with Crippen molar-refractivity contribution < 1.29 is 19.1 Å². The van der Waals surface area contributed by atoms with Crippen molar-refractivity contribution in [3.63, 3.8) is 0 Å². The van der Waals surface area contributed by atoms with Gasteiger partial charge in [0.25, 0.3) is 0 Å². The summed E-state index contributed by atoms with van der Waals surface area (Å²) in [5, 5.41) is 2.74. The number of nitrogens with zero attached hydrogens (tertiary/aromatic N) is 1. The second kappa shape index (κ2) is 9.23. The van der Waals surface area contributed by atoms with E-state index in [4.69, 9.17) is 4.74 Å². The first-order chi connectivity index (χ1) is 10.6. The first-order valence-corrected chi connectivity index (χ1v) is 6.83. The number of benzene rings is 1. The summed E-state index contributed by atoms with van der Waals surface area (Å²) in [7, 11) is 0. The maximum Gasteiger partial charge on any atom is 0.513 e. The predicted molar refractivity (Wildman–Crippen MR) is 85.1 cm³/mol. The zero-order valence-corrected chi connectivity index (χ0v) is 12.6. The van der Waals surface area contributed by atoms with Crippen LogP contribution in [0.2, 0.25) is 0 Å². The Morgan fingerprint density at radius 3 is 2.27 bits per heavy atom. The molecule has 1 aromatic carbocycles. The lowest BCUT2D eigenvalue weighted by atomic mass is 10.3. The number of anilines is 1. The van der Waals surface area contributed by atoms with Gasteiger partial charge >= 0.3 is 12.2 Å².